The molecule has 0 unspecified atom stereocenters. The molecule has 0 saturated heterocycles. The molecule has 94 valence electrons. The molecule has 0 spiro atoms. The van der Waals surface area contributed by atoms with E-state index in [1.165, 1.54) is 10.8 Å². The minimum absolute atomic E-state index is 0. The molecule has 0 amide bonds. The summed E-state index contributed by atoms with van der Waals surface area (Å²) in [5, 5.41) is 5.64. The van der Waals surface area contributed by atoms with Crippen LogP contribution in [0.3, 0.4) is 0 Å². The van der Waals surface area contributed by atoms with E-state index in [2.05, 4.69) is 27.4 Å². The fourth-order valence-electron chi connectivity index (χ4n) is 2.10. The highest BCUT2D eigenvalue weighted by atomic mass is 35.5. The van der Waals surface area contributed by atoms with Gasteiger partial charge < -0.3 is 16.0 Å². The fourth-order valence-corrected chi connectivity index (χ4v) is 2.10. The molecule has 0 radical (unpaired) electrons. The molecule has 0 aliphatic heterocycles. The van der Waals surface area contributed by atoms with Crippen LogP contribution in [0.5, 0.6) is 0 Å². The summed E-state index contributed by atoms with van der Waals surface area (Å²) in [6, 6.07) is 10.3. The molecule has 3 aromatic rings. The Labute approximate surface area is 111 Å². The summed E-state index contributed by atoms with van der Waals surface area (Å²) in [6.45, 7) is 1.32. The number of aromatic nitrogens is 2. The minimum Gasteiger partial charge on any atom is -0.367 e. The number of H-pyrrole nitrogens is 1. The maximum Gasteiger partial charge on any atom is 0.150 e. The van der Waals surface area contributed by atoms with Gasteiger partial charge in [-0.3, -0.25) is 0 Å². The van der Waals surface area contributed by atoms with Crippen molar-refractivity contribution in [2.24, 2.45) is 5.73 Å². The van der Waals surface area contributed by atoms with E-state index >= 15 is 0 Å². The lowest BCUT2D eigenvalue weighted by Gasteiger charge is -2.04. The maximum atomic E-state index is 5.50. The third-order valence-corrected chi connectivity index (χ3v) is 2.86. The first-order valence-corrected chi connectivity index (χ1v) is 5.69. The van der Waals surface area contributed by atoms with Gasteiger partial charge in [-0.1, -0.05) is 18.2 Å². The van der Waals surface area contributed by atoms with E-state index in [4.69, 9.17) is 5.73 Å². The van der Waals surface area contributed by atoms with Crippen LogP contribution in [0.4, 0.5) is 5.82 Å². The summed E-state index contributed by atoms with van der Waals surface area (Å²) in [7, 11) is 0. The SMILES string of the molecule is Cl.NCCNc1nccc2c1[nH]c1ccccc12. The minimum atomic E-state index is 0. The average molecular weight is 263 g/mol. The molecular formula is C13H15ClN4. The number of nitrogens with one attached hydrogen (secondary N) is 2. The first kappa shape index (κ1) is 12.7. The Morgan fingerprint density at radius 3 is 2.83 bits per heavy atom. The van der Waals surface area contributed by atoms with Crippen LogP contribution >= 0.6 is 12.4 Å². The highest BCUT2D eigenvalue weighted by molar-refractivity contribution is 6.10. The van der Waals surface area contributed by atoms with Gasteiger partial charge in [-0.25, -0.2) is 4.98 Å². The van der Waals surface area contributed by atoms with Crippen molar-refractivity contribution in [2.45, 2.75) is 0 Å². The Balaban J connectivity index is 0.00000120. The number of fused-ring (bicyclic) bond motifs is 3. The molecule has 18 heavy (non-hydrogen) atoms. The highest BCUT2D eigenvalue weighted by Gasteiger charge is 2.07. The molecule has 1 aromatic carbocycles. The number of rotatable bonds is 3. The third kappa shape index (κ3) is 2.00. The van der Waals surface area contributed by atoms with E-state index in [1.807, 2.05) is 24.4 Å². The van der Waals surface area contributed by atoms with Crippen LogP contribution in [0, 0.1) is 0 Å². The van der Waals surface area contributed by atoms with Crippen molar-refractivity contribution in [1.29, 1.82) is 0 Å². The zero-order valence-corrected chi connectivity index (χ0v) is 10.6. The van der Waals surface area contributed by atoms with Crippen molar-refractivity contribution in [1.82, 2.24) is 9.97 Å². The van der Waals surface area contributed by atoms with Crippen LogP contribution in [-0.2, 0) is 0 Å². The van der Waals surface area contributed by atoms with E-state index in [1.54, 1.807) is 0 Å². The largest absolute Gasteiger partial charge is 0.367 e. The molecule has 0 fully saturated rings. The van der Waals surface area contributed by atoms with Crippen molar-refractivity contribution >= 4 is 40.0 Å². The van der Waals surface area contributed by atoms with Crippen molar-refractivity contribution < 1.29 is 0 Å². The first-order chi connectivity index (χ1) is 8.40. The summed E-state index contributed by atoms with van der Waals surface area (Å²) < 4.78 is 0. The molecule has 5 heteroatoms. The van der Waals surface area contributed by atoms with Gasteiger partial charge in [0.2, 0.25) is 0 Å². The zero-order valence-electron chi connectivity index (χ0n) is 9.81. The van der Waals surface area contributed by atoms with Gasteiger partial charge in [0.25, 0.3) is 0 Å². The van der Waals surface area contributed by atoms with E-state index < -0.39 is 0 Å². The third-order valence-electron chi connectivity index (χ3n) is 2.86. The number of anilines is 1. The Morgan fingerprint density at radius 1 is 1.17 bits per heavy atom. The zero-order chi connectivity index (χ0) is 11.7. The van der Waals surface area contributed by atoms with Crippen molar-refractivity contribution in [3.05, 3.63) is 36.5 Å². The second-order valence-electron chi connectivity index (χ2n) is 3.97. The molecule has 0 bridgehead atoms. The fraction of sp³-hybridized carbons (Fsp3) is 0.154. The lowest BCUT2D eigenvalue weighted by atomic mass is 10.2. The molecule has 0 aliphatic carbocycles. The van der Waals surface area contributed by atoms with Gasteiger partial charge in [0.1, 0.15) is 5.82 Å². The molecular weight excluding hydrogens is 248 g/mol. The second-order valence-corrected chi connectivity index (χ2v) is 3.97. The normalized spacial score (nSPS) is 10.5. The molecule has 0 saturated carbocycles. The van der Waals surface area contributed by atoms with Gasteiger partial charge in [-0.15, -0.1) is 12.4 Å². The number of benzene rings is 1. The molecule has 2 heterocycles. The number of pyridine rings is 1. The number of halogens is 1. The van der Waals surface area contributed by atoms with Gasteiger partial charge in [0, 0.05) is 35.6 Å². The van der Waals surface area contributed by atoms with Crippen LogP contribution < -0.4 is 11.1 Å². The number of nitrogens with two attached hydrogens (primary N) is 1. The van der Waals surface area contributed by atoms with Crippen LogP contribution in [0.25, 0.3) is 21.8 Å². The van der Waals surface area contributed by atoms with Gasteiger partial charge in [0.15, 0.2) is 0 Å². The maximum absolute atomic E-state index is 5.50. The topological polar surface area (TPSA) is 66.7 Å². The van der Waals surface area contributed by atoms with Crippen molar-refractivity contribution in [3.63, 3.8) is 0 Å². The Hall–Kier alpha value is -1.78. The summed E-state index contributed by atoms with van der Waals surface area (Å²) in [5.41, 5.74) is 7.67. The summed E-state index contributed by atoms with van der Waals surface area (Å²) in [4.78, 5) is 7.73. The smallest absolute Gasteiger partial charge is 0.150 e. The van der Waals surface area contributed by atoms with E-state index in [0.717, 1.165) is 23.4 Å². The quantitative estimate of drug-likeness (QED) is 0.679. The van der Waals surface area contributed by atoms with Gasteiger partial charge >= 0.3 is 0 Å². The molecule has 2 aromatic heterocycles. The number of nitrogens with zero attached hydrogens (tertiary/aromatic N) is 1. The first-order valence-electron chi connectivity index (χ1n) is 5.69. The number of aromatic amines is 1. The molecule has 0 atom stereocenters. The van der Waals surface area contributed by atoms with E-state index in [0.29, 0.717) is 6.54 Å². The summed E-state index contributed by atoms with van der Waals surface area (Å²) in [5.74, 6) is 0.865. The number of hydrogen-bond donors (Lipinski definition) is 3. The predicted octanol–water partition coefficient (Wildman–Crippen LogP) is 2.51. The monoisotopic (exact) mass is 262 g/mol. The van der Waals surface area contributed by atoms with Gasteiger partial charge in [-0.05, 0) is 12.1 Å². The summed E-state index contributed by atoms with van der Waals surface area (Å²) >= 11 is 0. The van der Waals surface area contributed by atoms with E-state index in [-0.39, 0.29) is 12.4 Å². The molecule has 4 N–H and O–H groups in total. The lowest BCUT2D eigenvalue weighted by molar-refractivity contribution is 1.01. The van der Waals surface area contributed by atoms with Crippen LogP contribution in [0.15, 0.2) is 36.5 Å². The Morgan fingerprint density at radius 2 is 2.00 bits per heavy atom. The van der Waals surface area contributed by atoms with Crippen LogP contribution in [-0.4, -0.2) is 23.1 Å². The highest BCUT2D eigenvalue weighted by Crippen LogP contribution is 2.28. The molecule has 3 rings (SSSR count). The molecule has 4 nitrogen and oxygen atoms in total. The van der Waals surface area contributed by atoms with Crippen LogP contribution in [0.2, 0.25) is 0 Å². The lowest BCUT2D eigenvalue weighted by Crippen LogP contribution is -2.14. The number of para-hydroxylation sites is 1. The molecule has 0 aliphatic rings. The number of hydrogen-bond acceptors (Lipinski definition) is 3. The predicted molar refractivity (Wildman–Crippen MR) is 78.4 cm³/mol. The summed E-state index contributed by atoms with van der Waals surface area (Å²) in [6.07, 6.45) is 1.82. The standard InChI is InChI=1S/C13H14N4.ClH/c14-6-8-16-13-12-10(5-7-15-13)9-3-1-2-4-11(9)17-12;/h1-5,7,17H,6,8,14H2,(H,15,16);1H. The second kappa shape index (κ2) is 5.25. The van der Waals surface area contributed by atoms with Crippen molar-refractivity contribution in [2.75, 3.05) is 18.4 Å². The van der Waals surface area contributed by atoms with Crippen molar-refractivity contribution in [3.8, 4) is 0 Å². The van der Waals surface area contributed by atoms with Gasteiger partial charge in [-0.2, -0.15) is 0 Å². The Bertz CT molecular complexity index is 662. The van der Waals surface area contributed by atoms with Crippen LogP contribution in [0.1, 0.15) is 0 Å². The van der Waals surface area contributed by atoms with E-state index in [9.17, 15) is 0 Å². The van der Waals surface area contributed by atoms with Gasteiger partial charge in [0.05, 0.1) is 5.52 Å². The average Bonchev–Trinajstić information content (AvgIpc) is 2.75. The Kier molecular flexibility index (Phi) is 3.69.